The molecule has 0 aliphatic carbocycles. The topological polar surface area (TPSA) is 102 Å². The Balaban J connectivity index is 2.30. The number of aromatic nitrogens is 2. The van der Waals surface area contributed by atoms with Gasteiger partial charge in [0.2, 0.25) is 5.95 Å². The lowest BCUT2D eigenvalue weighted by Gasteiger charge is -2.08. The van der Waals surface area contributed by atoms with Gasteiger partial charge in [-0.25, -0.2) is 10.2 Å². The van der Waals surface area contributed by atoms with E-state index < -0.39 is 5.82 Å². The monoisotopic (exact) mass is 268 g/mol. The van der Waals surface area contributed by atoms with Gasteiger partial charge >= 0.3 is 0 Å². The summed E-state index contributed by atoms with van der Waals surface area (Å²) in [6.07, 6.45) is 0. The second-order valence-corrected chi connectivity index (χ2v) is 3.86. The zero-order valence-electron chi connectivity index (χ0n) is 9.11. The number of nitrogens with one attached hydrogen (secondary N) is 2. The maximum atomic E-state index is 13.1. The van der Waals surface area contributed by atoms with Crippen LogP contribution in [0.2, 0.25) is 5.02 Å². The van der Waals surface area contributed by atoms with Gasteiger partial charge in [-0.2, -0.15) is 9.97 Å². The predicted octanol–water partition coefficient (Wildman–Crippen LogP) is 1.88. The number of rotatable bonds is 3. The van der Waals surface area contributed by atoms with Gasteiger partial charge in [0.1, 0.15) is 17.5 Å². The van der Waals surface area contributed by atoms with Crippen LogP contribution in [-0.2, 0) is 0 Å². The Hall–Kier alpha value is -2.12. The van der Waals surface area contributed by atoms with Crippen LogP contribution in [0.15, 0.2) is 24.3 Å². The van der Waals surface area contributed by atoms with E-state index in [1.807, 2.05) is 0 Å². The Morgan fingerprint density at radius 2 is 1.83 bits per heavy atom. The van der Waals surface area contributed by atoms with Crippen molar-refractivity contribution in [2.45, 2.75) is 0 Å². The second-order valence-electron chi connectivity index (χ2n) is 3.42. The molecule has 0 radical (unpaired) electrons. The number of anilines is 4. The lowest BCUT2D eigenvalue weighted by atomic mass is 10.3. The molecule has 6 nitrogen and oxygen atoms in total. The van der Waals surface area contributed by atoms with Gasteiger partial charge in [0.05, 0.1) is 0 Å². The number of benzene rings is 1. The molecule has 0 saturated carbocycles. The summed E-state index contributed by atoms with van der Waals surface area (Å²) in [5, 5.41) is 3.12. The molecule has 1 aromatic heterocycles. The number of nitrogens with zero attached hydrogens (tertiary/aromatic N) is 2. The summed E-state index contributed by atoms with van der Waals surface area (Å²) in [5.74, 6) is 5.52. The molecule has 94 valence electrons. The van der Waals surface area contributed by atoms with Crippen LogP contribution in [0.1, 0.15) is 0 Å². The van der Waals surface area contributed by atoms with Crippen LogP contribution in [0.3, 0.4) is 0 Å². The van der Waals surface area contributed by atoms with Crippen molar-refractivity contribution in [1.29, 1.82) is 0 Å². The maximum Gasteiger partial charge on any atom is 0.223 e. The van der Waals surface area contributed by atoms with Crippen molar-refractivity contribution < 1.29 is 4.39 Å². The van der Waals surface area contributed by atoms with E-state index in [2.05, 4.69) is 20.7 Å². The summed E-state index contributed by atoms with van der Waals surface area (Å²) in [6.45, 7) is 0. The molecule has 6 N–H and O–H groups in total. The second kappa shape index (κ2) is 5.03. The smallest absolute Gasteiger partial charge is 0.223 e. The SMILES string of the molecule is NNc1cc(Nc2cc(F)cc(Cl)c2)nc(N)n1. The van der Waals surface area contributed by atoms with Gasteiger partial charge in [-0.1, -0.05) is 11.6 Å². The summed E-state index contributed by atoms with van der Waals surface area (Å²) >= 11 is 5.74. The van der Waals surface area contributed by atoms with Gasteiger partial charge in [-0.3, -0.25) is 0 Å². The van der Waals surface area contributed by atoms with Crippen LogP contribution < -0.4 is 22.3 Å². The fourth-order valence-corrected chi connectivity index (χ4v) is 1.60. The molecule has 0 bridgehead atoms. The highest BCUT2D eigenvalue weighted by Gasteiger charge is 2.04. The Morgan fingerprint density at radius 3 is 2.50 bits per heavy atom. The number of halogens is 2. The van der Waals surface area contributed by atoms with Gasteiger partial charge < -0.3 is 16.5 Å². The first-order valence-electron chi connectivity index (χ1n) is 4.91. The number of hydrazine groups is 1. The molecule has 1 heterocycles. The van der Waals surface area contributed by atoms with Crippen LogP contribution in [0.25, 0.3) is 0 Å². The molecule has 0 spiro atoms. The molecule has 0 saturated heterocycles. The minimum Gasteiger partial charge on any atom is -0.368 e. The molecule has 0 unspecified atom stereocenters. The van der Waals surface area contributed by atoms with E-state index in [1.165, 1.54) is 18.2 Å². The Bertz CT molecular complexity index is 556. The summed E-state index contributed by atoms with van der Waals surface area (Å²) in [4.78, 5) is 7.75. The molecule has 0 amide bonds. The predicted molar refractivity (Wildman–Crippen MR) is 68.9 cm³/mol. The molecule has 8 heteroatoms. The Labute approximate surface area is 107 Å². The average Bonchev–Trinajstić information content (AvgIpc) is 2.26. The fraction of sp³-hybridized carbons (Fsp3) is 0. The average molecular weight is 269 g/mol. The van der Waals surface area contributed by atoms with Crippen LogP contribution in [0.4, 0.5) is 27.7 Å². The lowest BCUT2D eigenvalue weighted by Crippen LogP contribution is -2.11. The number of nitrogens with two attached hydrogens (primary N) is 2. The quantitative estimate of drug-likeness (QED) is 0.501. The van der Waals surface area contributed by atoms with E-state index in [4.69, 9.17) is 23.2 Å². The van der Waals surface area contributed by atoms with Crippen molar-refractivity contribution in [1.82, 2.24) is 9.97 Å². The van der Waals surface area contributed by atoms with Crippen molar-refractivity contribution in [3.63, 3.8) is 0 Å². The molecule has 18 heavy (non-hydrogen) atoms. The van der Waals surface area contributed by atoms with Gasteiger partial charge in [-0.05, 0) is 18.2 Å². The van der Waals surface area contributed by atoms with E-state index in [-0.39, 0.29) is 11.0 Å². The zero-order valence-corrected chi connectivity index (χ0v) is 9.87. The highest BCUT2D eigenvalue weighted by Crippen LogP contribution is 2.22. The first kappa shape index (κ1) is 12.3. The maximum absolute atomic E-state index is 13.1. The van der Waals surface area contributed by atoms with Gasteiger partial charge in [0.15, 0.2) is 0 Å². The first-order chi connectivity index (χ1) is 8.56. The van der Waals surface area contributed by atoms with Crippen LogP contribution >= 0.6 is 11.6 Å². The third kappa shape index (κ3) is 2.96. The van der Waals surface area contributed by atoms with E-state index in [0.29, 0.717) is 17.3 Å². The van der Waals surface area contributed by atoms with Gasteiger partial charge in [-0.15, -0.1) is 0 Å². The molecular formula is C10H10ClFN6. The normalized spacial score (nSPS) is 10.2. The minimum atomic E-state index is -0.454. The largest absolute Gasteiger partial charge is 0.368 e. The lowest BCUT2D eigenvalue weighted by molar-refractivity contribution is 0.628. The van der Waals surface area contributed by atoms with Crippen molar-refractivity contribution in [2.75, 3.05) is 16.5 Å². The Morgan fingerprint density at radius 1 is 1.11 bits per heavy atom. The molecule has 0 fully saturated rings. The molecule has 2 rings (SSSR count). The van der Waals surface area contributed by atoms with Crippen LogP contribution in [-0.4, -0.2) is 9.97 Å². The highest BCUT2D eigenvalue weighted by molar-refractivity contribution is 6.30. The van der Waals surface area contributed by atoms with Crippen LogP contribution in [0, 0.1) is 5.82 Å². The van der Waals surface area contributed by atoms with E-state index in [9.17, 15) is 4.39 Å². The van der Waals surface area contributed by atoms with Crippen molar-refractivity contribution in [3.8, 4) is 0 Å². The summed E-state index contributed by atoms with van der Waals surface area (Å²) < 4.78 is 13.1. The number of hydrogen-bond acceptors (Lipinski definition) is 6. The Kier molecular flexibility index (Phi) is 3.45. The fourth-order valence-electron chi connectivity index (χ4n) is 1.38. The van der Waals surface area contributed by atoms with Crippen molar-refractivity contribution in [2.24, 2.45) is 5.84 Å². The van der Waals surface area contributed by atoms with Gasteiger partial charge in [0, 0.05) is 16.8 Å². The van der Waals surface area contributed by atoms with E-state index in [1.54, 1.807) is 6.07 Å². The molecule has 0 aliphatic heterocycles. The number of nitrogen functional groups attached to an aromatic ring is 2. The zero-order chi connectivity index (χ0) is 13.1. The molecule has 1 aromatic carbocycles. The van der Waals surface area contributed by atoms with Crippen molar-refractivity contribution >= 4 is 34.9 Å². The molecular weight excluding hydrogens is 259 g/mol. The molecule has 0 aliphatic rings. The molecule has 2 aromatic rings. The molecule has 0 atom stereocenters. The van der Waals surface area contributed by atoms with Crippen LogP contribution in [0.5, 0.6) is 0 Å². The highest BCUT2D eigenvalue weighted by atomic mass is 35.5. The minimum absolute atomic E-state index is 0.0375. The summed E-state index contributed by atoms with van der Waals surface area (Å²) in [5.41, 5.74) is 8.28. The van der Waals surface area contributed by atoms with Crippen molar-refractivity contribution in [3.05, 3.63) is 35.1 Å². The van der Waals surface area contributed by atoms with E-state index >= 15 is 0 Å². The number of hydrogen-bond donors (Lipinski definition) is 4. The standard InChI is InChI=1S/C10H10ClFN6/c11-5-1-6(12)3-7(2-5)15-8-4-9(18-14)17-10(13)16-8/h1-4H,14H2,(H4,13,15,16,17,18). The summed E-state index contributed by atoms with van der Waals surface area (Å²) in [6, 6.07) is 5.56. The third-order valence-corrected chi connectivity index (χ3v) is 2.24. The first-order valence-corrected chi connectivity index (χ1v) is 5.29. The third-order valence-electron chi connectivity index (χ3n) is 2.03. The summed E-state index contributed by atoms with van der Waals surface area (Å²) in [7, 11) is 0. The van der Waals surface area contributed by atoms with E-state index in [0.717, 1.165) is 0 Å². The van der Waals surface area contributed by atoms with Gasteiger partial charge in [0.25, 0.3) is 0 Å².